The highest BCUT2D eigenvalue weighted by Gasteiger charge is 2.11. The Labute approximate surface area is 168 Å². The van der Waals surface area contributed by atoms with Gasteiger partial charge in [-0.15, -0.1) is 0 Å². The summed E-state index contributed by atoms with van der Waals surface area (Å²) in [7, 11) is 0. The van der Waals surface area contributed by atoms with Gasteiger partial charge in [-0.3, -0.25) is 14.9 Å². The molecule has 0 aliphatic carbocycles. The maximum absolute atomic E-state index is 12.2. The Bertz CT molecular complexity index is 1060. The van der Waals surface area contributed by atoms with Crippen molar-refractivity contribution in [2.75, 3.05) is 0 Å². The first-order chi connectivity index (χ1) is 13.9. The third-order valence-corrected chi connectivity index (χ3v) is 4.78. The molecule has 0 bridgehead atoms. The Morgan fingerprint density at radius 3 is 2.38 bits per heavy atom. The van der Waals surface area contributed by atoms with Gasteiger partial charge >= 0.3 is 0 Å². The van der Waals surface area contributed by atoms with Gasteiger partial charge in [0, 0.05) is 40.3 Å². The normalized spacial score (nSPS) is 11.0. The second-order valence-electron chi connectivity index (χ2n) is 6.68. The molecule has 1 N–H and O–H groups in total. The number of nitrogens with one attached hydrogen (secondary N) is 1. The summed E-state index contributed by atoms with van der Waals surface area (Å²) in [4.78, 5) is 22.3. The molecule has 1 amide bonds. The molecule has 7 heteroatoms. The SMILES string of the molecule is CCc1ccc(-n2c(C)cc(/C=N\NC(=O)c3ccc([N+](=O)[O-])cc3)c2C)cc1. The van der Waals surface area contributed by atoms with Gasteiger partial charge < -0.3 is 4.57 Å². The van der Waals surface area contributed by atoms with E-state index in [1.54, 1.807) is 6.21 Å². The summed E-state index contributed by atoms with van der Waals surface area (Å²) < 4.78 is 2.14. The fraction of sp³-hybridized carbons (Fsp3) is 0.182. The standard InChI is InChI=1S/C22H22N4O3/c1-4-17-5-9-20(10-6-17)25-15(2)13-19(16(25)3)14-23-24-22(27)18-7-11-21(12-8-18)26(28)29/h5-14H,4H2,1-3H3,(H,24,27)/b23-14-. The number of aryl methyl sites for hydroxylation is 2. The van der Waals surface area contributed by atoms with Gasteiger partial charge in [0.05, 0.1) is 11.1 Å². The van der Waals surface area contributed by atoms with Crippen LogP contribution in [0.25, 0.3) is 5.69 Å². The van der Waals surface area contributed by atoms with E-state index in [4.69, 9.17) is 0 Å². The van der Waals surface area contributed by atoms with Crippen LogP contribution in [-0.2, 0) is 6.42 Å². The number of carbonyl (C=O) groups excluding carboxylic acids is 1. The number of carbonyl (C=O) groups is 1. The molecule has 3 aromatic rings. The molecule has 2 aromatic carbocycles. The van der Waals surface area contributed by atoms with Crippen LogP contribution in [0.3, 0.4) is 0 Å². The van der Waals surface area contributed by atoms with Crippen LogP contribution in [0.2, 0.25) is 0 Å². The zero-order chi connectivity index (χ0) is 21.0. The summed E-state index contributed by atoms with van der Waals surface area (Å²) in [5.74, 6) is -0.430. The van der Waals surface area contributed by atoms with Crippen LogP contribution >= 0.6 is 0 Å². The largest absolute Gasteiger partial charge is 0.318 e. The highest BCUT2D eigenvalue weighted by atomic mass is 16.6. The molecule has 0 aliphatic heterocycles. The number of amides is 1. The molecule has 29 heavy (non-hydrogen) atoms. The van der Waals surface area contributed by atoms with E-state index in [-0.39, 0.29) is 5.69 Å². The molecule has 1 heterocycles. The summed E-state index contributed by atoms with van der Waals surface area (Å²) in [6.07, 6.45) is 2.60. The zero-order valence-corrected chi connectivity index (χ0v) is 16.5. The number of hydrazone groups is 1. The molecule has 0 radical (unpaired) electrons. The quantitative estimate of drug-likeness (QED) is 0.386. The van der Waals surface area contributed by atoms with Crippen LogP contribution in [0, 0.1) is 24.0 Å². The second kappa shape index (κ2) is 8.52. The number of rotatable bonds is 6. The van der Waals surface area contributed by atoms with E-state index in [1.165, 1.54) is 29.8 Å². The molecule has 148 valence electrons. The van der Waals surface area contributed by atoms with E-state index < -0.39 is 10.8 Å². The highest BCUT2D eigenvalue weighted by molar-refractivity contribution is 5.95. The predicted octanol–water partition coefficient (Wildman–Crippen LogP) is 4.33. The molecule has 0 fully saturated rings. The Hall–Kier alpha value is -3.74. The minimum absolute atomic E-state index is 0.0653. The van der Waals surface area contributed by atoms with E-state index in [1.807, 2.05) is 19.9 Å². The molecule has 0 spiro atoms. The molecule has 3 rings (SSSR count). The van der Waals surface area contributed by atoms with Crippen molar-refractivity contribution in [2.24, 2.45) is 5.10 Å². The van der Waals surface area contributed by atoms with E-state index in [0.29, 0.717) is 5.56 Å². The fourth-order valence-electron chi connectivity index (χ4n) is 3.16. The summed E-state index contributed by atoms with van der Waals surface area (Å²) in [6, 6.07) is 15.8. The molecule has 7 nitrogen and oxygen atoms in total. The monoisotopic (exact) mass is 390 g/mol. The van der Waals surface area contributed by atoms with Crippen molar-refractivity contribution in [1.82, 2.24) is 9.99 Å². The molecule has 0 unspecified atom stereocenters. The Morgan fingerprint density at radius 2 is 1.79 bits per heavy atom. The summed E-state index contributed by atoms with van der Waals surface area (Å²) in [5, 5.41) is 14.7. The van der Waals surface area contributed by atoms with Crippen molar-refractivity contribution in [3.05, 3.63) is 92.8 Å². The first kappa shape index (κ1) is 20.0. The number of nitro groups is 1. The maximum atomic E-state index is 12.2. The van der Waals surface area contributed by atoms with E-state index in [2.05, 4.69) is 46.3 Å². The van der Waals surface area contributed by atoms with Gasteiger partial charge in [-0.05, 0) is 56.2 Å². The maximum Gasteiger partial charge on any atom is 0.271 e. The lowest BCUT2D eigenvalue weighted by molar-refractivity contribution is -0.384. The average molecular weight is 390 g/mol. The van der Waals surface area contributed by atoms with Crippen LogP contribution in [0.5, 0.6) is 0 Å². The number of benzene rings is 2. The zero-order valence-electron chi connectivity index (χ0n) is 16.5. The summed E-state index contributed by atoms with van der Waals surface area (Å²) in [6.45, 7) is 6.15. The molecule has 0 aliphatic rings. The van der Waals surface area contributed by atoms with Gasteiger partial charge in [0.2, 0.25) is 0 Å². The van der Waals surface area contributed by atoms with Crippen LogP contribution in [0.4, 0.5) is 5.69 Å². The molecule has 0 saturated carbocycles. The first-order valence-corrected chi connectivity index (χ1v) is 9.26. The Morgan fingerprint density at radius 1 is 1.14 bits per heavy atom. The van der Waals surface area contributed by atoms with E-state index >= 15 is 0 Å². The van der Waals surface area contributed by atoms with Crippen molar-refractivity contribution < 1.29 is 9.72 Å². The topological polar surface area (TPSA) is 89.5 Å². The number of aromatic nitrogens is 1. The van der Waals surface area contributed by atoms with Crippen molar-refractivity contribution in [1.29, 1.82) is 0 Å². The van der Waals surface area contributed by atoms with Crippen LogP contribution < -0.4 is 5.43 Å². The van der Waals surface area contributed by atoms with Gasteiger partial charge in [-0.1, -0.05) is 19.1 Å². The van der Waals surface area contributed by atoms with Crippen LogP contribution in [-0.4, -0.2) is 21.6 Å². The van der Waals surface area contributed by atoms with Gasteiger partial charge in [0.15, 0.2) is 0 Å². The van der Waals surface area contributed by atoms with Gasteiger partial charge in [0.1, 0.15) is 0 Å². The van der Waals surface area contributed by atoms with Crippen molar-refractivity contribution >= 4 is 17.8 Å². The number of nitro benzene ring substituents is 1. The molecular weight excluding hydrogens is 368 g/mol. The molecule has 1 aromatic heterocycles. The van der Waals surface area contributed by atoms with E-state index in [0.717, 1.165) is 29.1 Å². The van der Waals surface area contributed by atoms with Crippen LogP contribution in [0.15, 0.2) is 59.7 Å². The Kier molecular flexibility index (Phi) is 5.87. The molecule has 0 atom stereocenters. The highest BCUT2D eigenvalue weighted by Crippen LogP contribution is 2.20. The van der Waals surface area contributed by atoms with E-state index in [9.17, 15) is 14.9 Å². The fourth-order valence-corrected chi connectivity index (χ4v) is 3.16. The summed E-state index contributed by atoms with van der Waals surface area (Å²) in [5.41, 5.74) is 8.03. The lowest BCUT2D eigenvalue weighted by Crippen LogP contribution is -2.17. The lowest BCUT2D eigenvalue weighted by atomic mass is 10.1. The number of hydrogen-bond donors (Lipinski definition) is 1. The third kappa shape index (κ3) is 4.40. The first-order valence-electron chi connectivity index (χ1n) is 9.26. The minimum Gasteiger partial charge on any atom is -0.318 e. The van der Waals surface area contributed by atoms with Crippen LogP contribution in [0.1, 0.15) is 39.8 Å². The van der Waals surface area contributed by atoms with Crippen molar-refractivity contribution in [3.8, 4) is 5.69 Å². The Balaban J connectivity index is 1.73. The predicted molar refractivity (Wildman–Crippen MR) is 113 cm³/mol. The average Bonchev–Trinajstić information content (AvgIpc) is 3.01. The van der Waals surface area contributed by atoms with Gasteiger partial charge in [-0.25, -0.2) is 5.43 Å². The van der Waals surface area contributed by atoms with Crippen molar-refractivity contribution in [2.45, 2.75) is 27.2 Å². The van der Waals surface area contributed by atoms with Crippen molar-refractivity contribution in [3.63, 3.8) is 0 Å². The minimum atomic E-state index is -0.509. The number of non-ortho nitro benzene ring substituents is 1. The summed E-state index contributed by atoms with van der Waals surface area (Å²) >= 11 is 0. The number of nitrogens with zero attached hydrogens (tertiary/aromatic N) is 3. The lowest BCUT2D eigenvalue weighted by Gasteiger charge is -2.10. The second-order valence-corrected chi connectivity index (χ2v) is 6.68. The third-order valence-electron chi connectivity index (χ3n) is 4.78. The molecular formula is C22H22N4O3. The number of hydrogen-bond acceptors (Lipinski definition) is 4. The smallest absolute Gasteiger partial charge is 0.271 e. The van der Waals surface area contributed by atoms with Gasteiger partial charge in [-0.2, -0.15) is 5.10 Å². The van der Waals surface area contributed by atoms with Gasteiger partial charge in [0.25, 0.3) is 11.6 Å². The molecule has 0 saturated heterocycles.